The number of aryl methyl sites for hydroxylation is 2. The molecule has 0 aliphatic rings. The minimum absolute atomic E-state index is 0.0261. The van der Waals surface area contributed by atoms with Gasteiger partial charge in [0.1, 0.15) is 0 Å². The van der Waals surface area contributed by atoms with E-state index >= 15 is 0 Å². The van der Waals surface area contributed by atoms with E-state index in [0.29, 0.717) is 23.2 Å². The van der Waals surface area contributed by atoms with Crippen molar-refractivity contribution in [3.05, 3.63) is 65.5 Å². The average molecular weight is 367 g/mol. The van der Waals surface area contributed by atoms with Crippen LogP contribution in [0.15, 0.2) is 53.1 Å². The smallest absolute Gasteiger partial charge is 0.236 e. The van der Waals surface area contributed by atoms with Crippen LogP contribution in [0, 0.1) is 6.92 Å². The Labute approximate surface area is 157 Å². The quantitative estimate of drug-likeness (QED) is 0.667. The molecule has 0 spiro atoms. The molecule has 0 fully saturated rings. The maximum atomic E-state index is 12.3. The molecule has 3 aromatic rings. The number of anilines is 1. The molecule has 0 radical (unpaired) electrons. The van der Waals surface area contributed by atoms with Crippen LogP contribution in [0.25, 0.3) is 11.4 Å². The molecule has 5 nitrogen and oxygen atoms in total. The predicted molar refractivity (Wildman–Crippen MR) is 105 cm³/mol. The van der Waals surface area contributed by atoms with Crippen molar-refractivity contribution in [1.82, 2.24) is 10.1 Å². The van der Waals surface area contributed by atoms with Crippen molar-refractivity contribution in [2.45, 2.75) is 26.0 Å². The Morgan fingerprint density at radius 1 is 1.15 bits per heavy atom. The van der Waals surface area contributed by atoms with Crippen molar-refractivity contribution in [1.29, 1.82) is 0 Å². The number of para-hydroxylation sites is 1. The van der Waals surface area contributed by atoms with Gasteiger partial charge in [-0.25, -0.2) is 0 Å². The first-order valence-corrected chi connectivity index (χ1v) is 9.67. The maximum absolute atomic E-state index is 12.3. The summed E-state index contributed by atoms with van der Waals surface area (Å²) >= 11 is 1.45. The summed E-state index contributed by atoms with van der Waals surface area (Å²) in [5.74, 6) is 1.90. The minimum Gasteiger partial charge on any atom is -0.338 e. The number of hydrogen-bond acceptors (Lipinski definition) is 5. The lowest BCUT2D eigenvalue weighted by Crippen LogP contribution is -2.16. The third kappa shape index (κ3) is 4.52. The molecule has 134 valence electrons. The van der Waals surface area contributed by atoms with Crippen molar-refractivity contribution < 1.29 is 9.32 Å². The third-order valence-corrected chi connectivity index (χ3v) is 4.88. The Hall–Kier alpha value is -2.60. The van der Waals surface area contributed by atoms with Gasteiger partial charge in [-0.3, -0.25) is 4.79 Å². The van der Waals surface area contributed by atoms with E-state index in [-0.39, 0.29) is 5.91 Å². The highest BCUT2D eigenvalue weighted by molar-refractivity contribution is 7.99. The Morgan fingerprint density at radius 3 is 2.73 bits per heavy atom. The Morgan fingerprint density at radius 2 is 1.96 bits per heavy atom. The molecule has 1 N–H and O–H groups in total. The van der Waals surface area contributed by atoms with E-state index in [9.17, 15) is 4.79 Å². The zero-order chi connectivity index (χ0) is 18.4. The van der Waals surface area contributed by atoms with Gasteiger partial charge in [-0.2, -0.15) is 4.98 Å². The first-order chi connectivity index (χ1) is 12.7. The average Bonchev–Trinajstić information content (AvgIpc) is 3.13. The SMILES string of the molecule is CCc1cccc(C)c1NC(=O)CSCc1nc(-c2ccccc2)no1. The summed E-state index contributed by atoms with van der Waals surface area (Å²) < 4.78 is 5.26. The molecule has 0 unspecified atom stereocenters. The van der Waals surface area contributed by atoms with Crippen LogP contribution < -0.4 is 5.32 Å². The Bertz CT molecular complexity index is 878. The monoisotopic (exact) mass is 367 g/mol. The van der Waals surface area contributed by atoms with Crippen molar-refractivity contribution >= 4 is 23.4 Å². The van der Waals surface area contributed by atoms with Gasteiger partial charge in [0.25, 0.3) is 0 Å². The number of benzene rings is 2. The highest BCUT2D eigenvalue weighted by Gasteiger charge is 2.11. The molecule has 2 aromatic carbocycles. The summed E-state index contributed by atoms with van der Waals surface area (Å²) in [6.45, 7) is 4.09. The van der Waals surface area contributed by atoms with Gasteiger partial charge in [-0.1, -0.05) is 60.6 Å². The van der Waals surface area contributed by atoms with Crippen LogP contribution in [0.3, 0.4) is 0 Å². The van der Waals surface area contributed by atoms with Crippen LogP contribution >= 0.6 is 11.8 Å². The topological polar surface area (TPSA) is 68.0 Å². The second kappa shape index (κ2) is 8.67. The third-order valence-electron chi connectivity index (χ3n) is 3.96. The van der Waals surface area contributed by atoms with E-state index in [1.807, 2.05) is 55.5 Å². The molecule has 0 aliphatic heterocycles. The summed E-state index contributed by atoms with van der Waals surface area (Å²) in [5.41, 5.74) is 4.06. The van der Waals surface area contributed by atoms with Crippen molar-refractivity contribution in [3.8, 4) is 11.4 Å². The first-order valence-electron chi connectivity index (χ1n) is 8.51. The zero-order valence-electron chi connectivity index (χ0n) is 14.9. The normalized spacial score (nSPS) is 10.7. The van der Waals surface area contributed by atoms with E-state index in [1.165, 1.54) is 11.8 Å². The van der Waals surface area contributed by atoms with Gasteiger partial charge in [0, 0.05) is 11.3 Å². The van der Waals surface area contributed by atoms with Gasteiger partial charge in [-0.05, 0) is 24.5 Å². The summed E-state index contributed by atoms with van der Waals surface area (Å²) in [4.78, 5) is 16.6. The fourth-order valence-corrected chi connectivity index (χ4v) is 3.28. The summed E-state index contributed by atoms with van der Waals surface area (Å²) in [6, 6.07) is 15.7. The molecule has 0 saturated carbocycles. The van der Waals surface area contributed by atoms with Gasteiger partial charge in [0.05, 0.1) is 11.5 Å². The van der Waals surface area contributed by atoms with Crippen molar-refractivity contribution in [2.24, 2.45) is 0 Å². The lowest BCUT2D eigenvalue weighted by atomic mass is 10.1. The Balaban J connectivity index is 1.53. The summed E-state index contributed by atoms with van der Waals surface area (Å²) in [5, 5.41) is 7.01. The molecule has 1 heterocycles. The molecular weight excluding hydrogens is 346 g/mol. The van der Waals surface area contributed by atoms with Crippen LogP contribution in [0.4, 0.5) is 5.69 Å². The number of nitrogens with one attached hydrogen (secondary N) is 1. The molecule has 1 amide bonds. The number of amides is 1. The van der Waals surface area contributed by atoms with Crippen LogP contribution in [-0.4, -0.2) is 21.8 Å². The van der Waals surface area contributed by atoms with Crippen LogP contribution in [0.1, 0.15) is 23.9 Å². The molecule has 3 rings (SSSR count). The largest absolute Gasteiger partial charge is 0.338 e. The lowest BCUT2D eigenvalue weighted by molar-refractivity contribution is -0.113. The van der Waals surface area contributed by atoms with E-state index in [4.69, 9.17) is 4.52 Å². The number of carbonyl (C=O) groups excluding carboxylic acids is 1. The molecule has 26 heavy (non-hydrogen) atoms. The molecule has 0 saturated heterocycles. The zero-order valence-corrected chi connectivity index (χ0v) is 15.7. The maximum Gasteiger partial charge on any atom is 0.236 e. The molecular formula is C20H21N3O2S. The van der Waals surface area contributed by atoms with Gasteiger partial charge >= 0.3 is 0 Å². The number of rotatable bonds is 7. The lowest BCUT2D eigenvalue weighted by Gasteiger charge is -2.12. The molecule has 0 atom stereocenters. The number of carbonyl (C=O) groups is 1. The van der Waals surface area contributed by atoms with Gasteiger partial charge in [0.15, 0.2) is 0 Å². The van der Waals surface area contributed by atoms with E-state index in [1.54, 1.807) is 0 Å². The van der Waals surface area contributed by atoms with Crippen LogP contribution in [0.2, 0.25) is 0 Å². The second-order valence-electron chi connectivity index (χ2n) is 5.88. The fraction of sp³-hybridized carbons (Fsp3) is 0.250. The second-order valence-corrected chi connectivity index (χ2v) is 6.87. The molecule has 1 aromatic heterocycles. The van der Waals surface area contributed by atoms with Gasteiger partial charge < -0.3 is 9.84 Å². The van der Waals surface area contributed by atoms with Crippen molar-refractivity contribution in [2.75, 3.05) is 11.1 Å². The van der Waals surface area contributed by atoms with Gasteiger partial charge in [-0.15, -0.1) is 11.8 Å². The predicted octanol–water partition coefficient (Wildman–Crippen LogP) is 4.48. The fourth-order valence-electron chi connectivity index (χ4n) is 2.63. The Kier molecular flexibility index (Phi) is 6.07. The van der Waals surface area contributed by atoms with Crippen LogP contribution in [0.5, 0.6) is 0 Å². The highest BCUT2D eigenvalue weighted by atomic mass is 32.2. The number of nitrogens with zero attached hydrogens (tertiary/aromatic N) is 2. The van der Waals surface area contributed by atoms with E-state index in [2.05, 4.69) is 22.4 Å². The van der Waals surface area contributed by atoms with E-state index < -0.39 is 0 Å². The summed E-state index contributed by atoms with van der Waals surface area (Å²) in [7, 11) is 0. The minimum atomic E-state index is -0.0261. The number of aromatic nitrogens is 2. The van der Waals surface area contributed by atoms with Gasteiger partial charge in [0.2, 0.25) is 17.6 Å². The molecule has 0 aliphatic carbocycles. The summed E-state index contributed by atoms with van der Waals surface area (Å²) in [6.07, 6.45) is 0.884. The highest BCUT2D eigenvalue weighted by Crippen LogP contribution is 2.22. The van der Waals surface area contributed by atoms with E-state index in [0.717, 1.165) is 28.8 Å². The molecule has 6 heteroatoms. The first kappa shape index (κ1) is 18.2. The van der Waals surface area contributed by atoms with Crippen LogP contribution in [-0.2, 0) is 17.0 Å². The molecule has 0 bridgehead atoms. The van der Waals surface area contributed by atoms with Crippen molar-refractivity contribution in [3.63, 3.8) is 0 Å². The number of thioether (sulfide) groups is 1. The number of hydrogen-bond donors (Lipinski definition) is 1. The standard InChI is InChI=1S/C20H21N3O2S/c1-3-15-11-7-8-14(2)19(15)21-17(24)12-26-13-18-22-20(23-25-18)16-9-5-4-6-10-16/h4-11H,3,12-13H2,1-2H3,(H,21,24).